The maximum atomic E-state index is 12.4. The lowest BCUT2D eigenvalue weighted by Crippen LogP contribution is -2.36. The van der Waals surface area contributed by atoms with Gasteiger partial charge in [-0.2, -0.15) is 0 Å². The SMILES string of the molecule is Cc1cccnc1C[C@@H](C)N(C)C(=O)c1ccc(N)nc1. The van der Waals surface area contributed by atoms with Crippen molar-refractivity contribution < 1.29 is 4.79 Å². The first kappa shape index (κ1) is 15.0. The molecule has 0 aliphatic rings. The molecule has 1 amide bonds. The molecule has 0 bridgehead atoms. The molecule has 2 aromatic rings. The van der Waals surface area contributed by atoms with E-state index >= 15 is 0 Å². The van der Waals surface area contributed by atoms with Crippen molar-refractivity contribution in [3.63, 3.8) is 0 Å². The fraction of sp³-hybridized carbons (Fsp3) is 0.312. The Morgan fingerprint density at radius 3 is 2.71 bits per heavy atom. The molecule has 2 N–H and O–H groups in total. The van der Waals surface area contributed by atoms with Crippen LogP contribution in [0.15, 0.2) is 36.7 Å². The van der Waals surface area contributed by atoms with Gasteiger partial charge in [-0.3, -0.25) is 9.78 Å². The summed E-state index contributed by atoms with van der Waals surface area (Å²) in [6, 6.07) is 7.32. The number of anilines is 1. The molecule has 5 heteroatoms. The van der Waals surface area contributed by atoms with Gasteiger partial charge in [0.2, 0.25) is 0 Å². The summed E-state index contributed by atoms with van der Waals surface area (Å²) in [5, 5.41) is 0. The number of amides is 1. The topological polar surface area (TPSA) is 72.1 Å². The zero-order valence-corrected chi connectivity index (χ0v) is 12.6. The van der Waals surface area contributed by atoms with Crippen LogP contribution in [0.1, 0.15) is 28.5 Å². The highest BCUT2D eigenvalue weighted by atomic mass is 16.2. The Bertz CT molecular complexity index is 624. The fourth-order valence-corrected chi connectivity index (χ4v) is 2.08. The molecule has 0 radical (unpaired) electrons. The van der Waals surface area contributed by atoms with Crippen LogP contribution in [0.25, 0.3) is 0 Å². The molecule has 21 heavy (non-hydrogen) atoms. The van der Waals surface area contributed by atoms with E-state index in [-0.39, 0.29) is 11.9 Å². The monoisotopic (exact) mass is 284 g/mol. The lowest BCUT2D eigenvalue weighted by atomic mass is 10.1. The normalized spacial score (nSPS) is 12.0. The van der Waals surface area contributed by atoms with Gasteiger partial charge in [0, 0.05) is 37.6 Å². The number of likely N-dealkylation sites (N-methyl/N-ethyl adjacent to an activating group) is 1. The first-order valence-corrected chi connectivity index (χ1v) is 6.88. The van der Waals surface area contributed by atoms with Crippen LogP contribution in [0.3, 0.4) is 0 Å². The second-order valence-electron chi connectivity index (χ2n) is 5.21. The second-order valence-corrected chi connectivity index (χ2v) is 5.21. The van der Waals surface area contributed by atoms with E-state index in [0.717, 1.165) is 17.7 Å². The Morgan fingerprint density at radius 1 is 1.33 bits per heavy atom. The predicted octanol–water partition coefficient (Wildman–Crippen LogP) is 2.07. The van der Waals surface area contributed by atoms with Crippen LogP contribution in [0, 0.1) is 6.92 Å². The highest BCUT2D eigenvalue weighted by Gasteiger charge is 2.19. The highest BCUT2D eigenvalue weighted by molar-refractivity contribution is 5.94. The van der Waals surface area contributed by atoms with Gasteiger partial charge in [-0.05, 0) is 37.6 Å². The van der Waals surface area contributed by atoms with Gasteiger partial charge in [0.15, 0.2) is 0 Å². The number of nitrogens with zero attached hydrogens (tertiary/aromatic N) is 3. The van der Waals surface area contributed by atoms with Crippen molar-refractivity contribution >= 4 is 11.7 Å². The van der Waals surface area contributed by atoms with E-state index in [1.807, 2.05) is 26.0 Å². The van der Waals surface area contributed by atoms with E-state index in [9.17, 15) is 4.79 Å². The molecule has 0 aromatic carbocycles. The van der Waals surface area contributed by atoms with E-state index in [1.54, 1.807) is 30.3 Å². The second kappa shape index (κ2) is 6.35. The van der Waals surface area contributed by atoms with Gasteiger partial charge in [-0.25, -0.2) is 4.98 Å². The summed E-state index contributed by atoms with van der Waals surface area (Å²) < 4.78 is 0. The van der Waals surface area contributed by atoms with Crippen molar-refractivity contribution in [1.29, 1.82) is 0 Å². The van der Waals surface area contributed by atoms with Crippen LogP contribution in [0.4, 0.5) is 5.82 Å². The molecular weight excluding hydrogens is 264 g/mol. The van der Waals surface area contributed by atoms with Crippen LogP contribution in [-0.4, -0.2) is 33.9 Å². The Hall–Kier alpha value is -2.43. The number of aromatic nitrogens is 2. The van der Waals surface area contributed by atoms with Gasteiger partial charge < -0.3 is 10.6 Å². The van der Waals surface area contributed by atoms with Gasteiger partial charge in [0.1, 0.15) is 5.82 Å². The number of hydrogen-bond acceptors (Lipinski definition) is 4. The minimum Gasteiger partial charge on any atom is -0.384 e. The number of aryl methyl sites for hydroxylation is 1. The molecule has 1 atom stereocenters. The summed E-state index contributed by atoms with van der Waals surface area (Å²) in [7, 11) is 1.79. The molecule has 0 saturated heterocycles. The average Bonchev–Trinajstić information content (AvgIpc) is 2.49. The summed E-state index contributed by atoms with van der Waals surface area (Å²) in [6.07, 6.45) is 4.00. The van der Waals surface area contributed by atoms with Crippen LogP contribution in [0.5, 0.6) is 0 Å². The standard InChI is InChI=1S/C16H20N4O/c1-11-5-4-8-18-14(11)9-12(2)20(3)16(21)13-6-7-15(17)19-10-13/h4-8,10,12H,9H2,1-3H3,(H2,17,19)/t12-/m1/s1. The Labute approximate surface area is 124 Å². The number of nitrogen functional groups attached to an aromatic ring is 1. The van der Waals surface area contributed by atoms with Crippen molar-refractivity contribution in [2.75, 3.05) is 12.8 Å². The van der Waals surface area contributed by atoms with Crippen molar-refractivity contribution in [2.24, 2.45) is 0 Å². The van der Waals surface area contributed by atoms with Crippen molar-refractivity contribution in [3.05, 3.63) is 53.5 Å². The summed E-state index contributed by atoms with van der Waals surface area (Å²) >= 11 is 0. The third-order valence-electron chi connectivity index (χ3n) is 3.62. The van der Waals surface area contributed by atoms with Gasteiger partial charge in [0.25, 0.3) is 5.91 Å². The number of carbonyl (C=O) groups is 1. The molecule has 0 unspecified atom stereocenters. The molecule has 2 heterocycles. The van der Waals surface area contributed by atoms with Crippen molar-refractivity contribution in [3.8, 4) is 0 Å². The van der Waals surface area contributed by atoms with Gasteiger partial charge in [0.05, 0.1) is 5.56 Å². The minimum absolute atomic E-state index is 0.0450. The summed E-state index contributed by atoms with van der Waals surface area (Å²) in [6.45, 7) is 4.04. The van der Waals surface area contributed by atoms with E-state index in [1.165, 1.54) is 6.20 Å². The molecular formula is C16H20N4O. The number of hydrogen-bond donors (Lipinski definition) is 1. The maximum Gasteiger partial charge on any atom is 0.255 e. The fourth-order valence-electron chi connectivity index (χ4n) is 2.08. The van der Waals surface area contributed by atoms with Crippen LogP contribution in [0.2, 0.25) is 0 Å². The minimum atomic E-state index is -0.0661. The average molecular weight is 284 g/mol. The van der Waals surface area contributed by atoms with Crippen LogP contribution < -0.4 is 5.73 Å². The first-order valence-electron chi connectivity index (χ1n) is 6.88. The van der Waals surface area contributed by atoms with E-state index in [4.69, 9.17) is 5.73 Å². The van der Waals surface area contributed by atoms with E-state index in [0.29, 0.717) is 11.4 Å². The first-order chi connectivity index (χ1) is 9.99. The maximum absolute atomic E-state index is 12.4. The van der Waals surface area contributed by atoms with Crippen molar-refractivity contribution in [1.82, 2.24) is 14.9 Å². The molecule has 5 nitrogen and oxygen atoms in total. The largest absolute Gasteiger partial charge is 0.384 e. The Balaban J connectivity index is 2.08. The van der Waals surface area contributed by atoms with Gasteiger partial charge in [-0.15, -0.1) is 0 Å². The zero-order valence-electron chi connectivity index (χ0n) is 12.6. The number of pyridine rings is 2. The lowest BCUT2D eigenvalue weighted by molar-refractivity contribution is 0.0742. The molecule has 0 aliphatic carbocycles. The predicted molar refractivity (Wildman–Crippen MR) is 82.9 cm³/mol. The van der Waals surface area contributed by atoms with E-state index in [2.05, 4.69) is 9.97 Å². The third kappa shape index (κ3) is 3.56. The van der Waals surface area contributed by atoms with Crippen LogP contribution >= 0.6 is 0 Å². The van der Waals surface area contributed by atoms with Gasteiger partial charge in [-0.1, -0.05) is 6.07 Å². The third-order valence-corrected chi connectivity index (χ3v) is 3.62. The number of rotatable bonds is 4. The molecule has 0 spiro atoms. The number of carbonyl (C=O) groups excluding carboxylic acids is 1. The zero-order chi connectivity index (χ0) is 15.4. The summed E-state index contributed by atoms with van der Waals surface area (Å²) in [5.41, 5.74) is 8.23. The Kier molecular flexibility index (Phi) is 4.52. The number of nitrogens with two attached hydrogens (primary N) is 1. The van der Waals surface area contributed by atoms with Gasteiger partial charge >= 0.3 is 0 Å². The quantitative estimate of drug-likeness (QED) is 0.933. The molecule has 2 aromatic heterocycles. The molecule has 110 valence electrons. The van der Waals surface area contributed by atoms with Crippen LogP contribution in [-0.2, 0) is 6.42 Å². The summed E-state index contributed by atoms with van der Waals surface area (Å²) in [4.78, 5) is 22.4. The summed E-state index contributed by atoms with van der Waals surface area (Å²) in [5.74, 6) is 0.343. The van der Waals surface area contributed by atoms with E-state index < -0.39 is 0 Å². The smallest absolute Gasteiger partial charge is 0.255 e. The molecule has 0 saturated carbocycles. The lowest BCUT2D eigenvalue weighted by Gasteiger charge is -2.25. The molecule has 0 fully saturated rings. The Morgan fingerprint density at radius 2 is 2.10 bits per heavy atom. The highest BCUT2D eigenvalue weighted by Crippen LogP contribution is 2.12. The van der Waals surface area contributed by atoms with Crippen molar-refractivity contribution in [2.45, 2.75) is 26.3 Å². The molecule has 0 aliphatic heterocycles. The molecule has 2 rings (SSSR count).